The number of nitrogens with one attached hydrogen (secondary N) is 1. The predicted molar refractivity (Wildman–Crippen MR) is 136 cm³/mol. The van der Waals surface area contributed by atoms with Crippen LogP contribution >= 0.6 is 19.0 Å². The van der Waals surface area contributed by atoms with E-state index in [4.69, 9.17) is 35.7 Å². The fourth-order valence-electron chi connectivity index (χ4n) is 4.08. The Bertz CT molecular complexity index is 1340. The van der Waals surface area contributed by atoms with Crippen LogP contribution in [0.2, 0.25) is 0 Å². The quantitative estimate of drug-likeness (QED) is 0.119. The topological polar surface area (TPSA) is 267 Å². The van der Waals surface area contributed by atoms with Gasteiger partial charge >= 0.3 is 12.5 Å². The molecule has 0 aliphatic carbocycles. The third-order valence-corrected chi connectivity index (χ3v) is 7.56. The zero-order chi connectivity index (χ0) is 28.5. The number of aromatic nitrogens is 5. The second kappa shape index (κ2) is 11.6. The summed E-state index contributed by atoms with van der Waals surface area (Å²) < 4.78 is 37.7. The Morgan fingerprint density at radius 1 is 1.23 bits per heavy atom. The van der Waals surface area contributed by atoms with Crippen molar-refractivity contribution in [2.75, 3.05) is 24.7 Å². The first-order chi connectivity index (χ1) is 18.4. The van der Waals surface area contributed by atoms with Gasteiger partial charge in [-0.1, -0.05) is 18.8 Å². The molecule has 0 aromatic carbocycles. The second-order valence-electron chi connectivity index (χ2n) is 8.66. The molecule has 9 N–H and O–H groups in total. The number of hydrogen-bond donors (Lipinski definition) is 7. The third-order valence-electron chi connectivity index (χ3n) is 5.92. The molecule has 0 radical (unpaired) electrons. The van der Waals surface area contributed by atoms with Crippen LogP contribution in [-0.2, 0) is 23.1 Å². The summed E-state index contributed by atoms with van der Waals surface area (Å²) in [7, 11) is 0. The average Bonchev–Trinajstić information content (AvgIpc) is 3.53. The van der Waals surface area contributed by atoms with E-state index in [-0.39, 0.29) is 36.1 Å². The maximum atomic E-state index is 13.0. The van der Waals surface area contributed by atoms with Gasteiger partial charge in [0.05, 0.1) is 31.5 Å². The van der Waals surface area contributed by atoms with Crippen LogP contribution in [0.3, 0.4) is 0 Å². The summed E-state index contributed by atoms with van der Waals surface area (Å²) in [6.07, 6.45) is -3.26. The molecule has 7 atom stereocenters. The van der Waals surface area contributed by atoms with Crippen LogP contribution in [0.4, 0.5) is 11.8 Å². The molecule has 39 heavy (non-hydrogen) atoms. The molecule has 4 rings (SSSR count). The highest BCUT2D eigenvalue weighted by Crippen LogP contribution is 2.56. The molecule has 2 aliphatic heterocycles. The van der Waals surface area contributed by atoms with Gasteiger partial charge in [-0.3, -0.25) is 23.0 Å². The Morgan fingerprint density at radius 2 is 1.90 bits per heavy atom. The molecule has 0 bridgehead atoms. The molecular weight excluding hydrogens is 561 g/mol. The molecule has 4 heterocycles. The second-order valence-corrected chi connectivity index (χ2v) is 11.5. The number of ether oxygens (including phenoxy) is 2. The Labute approximate surface area is 225 Å². The number of amides is 1. The van der Waals surface area contributed by atoms with Crippen molar-refractivity contribution in [1.29, 1.82) is 0 Å². The summed E-state index contributed by atoms with van der Waals surface area (Å²) >= 11 is 3.99. The highest BCUT2D eigenvalue weighted by molar-refractivity contribution is 8.44. The lowest BCUT2D eigenvalue weighted by Gasteiger charge is -2.22. The van der Waals surface area contributed by atoms with E-state index in [0.717, 1.165) is 10.9 Å². The summed E-state index contributed by atoms with van der Waals surface area (Å²) in [5, 5.41) is 22.4. The molecule has 20 heteroatoms. The first kappa shape index (κ1) is 29.0. The van der Waals surface area contributed by atoms with E-state index < -0.39 is 68.5 Å². The Balaban J connectivity index is 1.36. The molecule has 2 aromatic rings. The van der Waals surface area contributed by atoms with Crippen LogP contribution in [0.1, 0.15) is 35.8 Å². The van der Waals surface area contributed by atoms with Gasteiger partial charge in [-0.05, 0) is 0 Å². The predicted octanol–water partition coefficient (Wildman–Crippen LogP) is -1.77. The molecule has 0 saturated carbocycles. The molecule has 2 aliphatic rings. The van der Waals surface area contributed by atoms with E-state index in [9.17, 15) is 24.4 Å². The van der Waals surface area contributed by atoms with Gasteiger partial charge in [0.1, 0.15) is 42.9 Å². The van der Waals surface area contributed by atoms with Gasteiger partial charge in [-0.2, -0.15) is 4.98 Å². The van der Waals surface area contributed by atoms with Gasteiger partial charge in [0, 0.05) is 12.8 Å². The highest BCUT2D eigenvalue weighted by Gasteiger charge is 2.43. The molecule has 2 saturated heterocycles. The fourth-order valence-corrected chi connectivity index (χ4v) is 5.61. The molecule has 214 valence electrons. The van der Waals surface area contributed by atoms with E-state index in [1.54, 1.807) is 0 Å². The van der Waals surface area contributed by atoms with Crippen LogP contribution in [0.25, 0.3) is 0 Å². The smallest absolute Gasteiger partial charge is 0.386 e. The number of nitrogens with zero attached hydrogens (tertiary/aromatic N) is 5. The number of nitrogens with two attached hydrogens (primary N) is 3. The van der Waals surface area contributed by atoms with Crippen molar-refractivity contribution >= 4 is 36.7 Å². The number of carbonyl (C=O) groups is 1. The van der Waals surface area contributed by atoms with Crippen molar-refractivity contribution < 1.29 is 38.1 Å². The molecule has 2 fully saturated rings. The number of anilines is 2. The number of rotatable bonds is 10. The number of carbonyl (C=O) groups excluding carboxylic acids is 1. The van der Waals surface area contributed by atoms with Gasteiger partial charge in [-0.25, -0.2) is 19.3 Å². The first-order valence-electron chi connectivity index (χ1n) is 11.4. The third kappa shape index (κ3) is 6.59. The minimum absolute atomic E-state index is 0.00933. The van der Waals surface area contributed by atoms with Gasteiger partial charge in [0.15, 0.2) is 5.69 Å². The lowest BCUT2D eigenvalue weighted by Crippen LogP contribution is -2.29. The number of imidazole rings is 1. The van der Waals surface area contributed by atoms with Crippen LogP contribution in [-0.4, -0.2) is 77.8 Å². The SMILES string of the molecule is C=C(N)NC(=O)c1ncn([C@H]2C[C@@H](OP(=O)(S)OC[C@H]3O[C@@H](n4cnc(N)nc4=O)C[C@H]3O)[C@@H](CO)O2)c1N. The number of nitrogen functional groups attached to an aromatic ring is 2. The molecule has 2 aromatic heterocycles. The van der Waals surface area contributed by atoms with E-state index in [0.29, 0.717) is 0 Å². The summed E-state index contributed by atoms with van der Waals surface area (Å²) in [5.74, 6) is -1.02. The lowest BCUT2D eigenvalue weighted by molar-refractivity contribution is -0.0501. The van der Waals surface area contributed by atoms with E-state index in [1.807, 2.05) is 0 Å². The molecule has 1 amide bonds. The van der Waals surface area contributed by atoms with Gasteiger partial charge in [-0.15, -0.1) is 0 Å². The summed E-state index contributed by atoms with van der Waals surface area (Å²) in [6.45, 7) is -1.60. The number of aliphatic hydroxyl groups excluding tert-OH is 2. The number of aliphatic hydroxyl groups is 2. The Hall–Kier alpha value is -3.03. The zero-order valence-corrected chi connectivity index (χ0v) is 22.1. The first-order valence-corrected chi connectivity index (χ1v) is 14.1. The Morgan fingerprint density at radius 3 is 2.56 bits per heavy atom. The molecule has 0 spiro atoms. The van der Waals surface area contributed by atoms with Crippen LogP contribution < -0.4 is 28.2 Å². The molecule has 1 unspecified atom stereocenters. The van der Waals surface area contributed by atoms with Gasteiger partial charge in [0.25, 0.3) is 5.91 Å². The number of thiol groups is 1. The average molecular weight is 590 g/mol. The van der Waals surface area contributed by atoms with Crippen LogP contribution in [0.15, 0.2) is 29.8 Å². The standard InChI is InChI=1S/C19H28N9O9PS/c1-8(20)25-17(31)15-16(21)27(6-23-15)14-3-10(11(4-29)35-14)37-38(33,39)34-5-12-9(30)2-13(36-12)28-7-24-18(22)26-19(28)32/h6-7,9-14,29-30H,1-5,20-21H2,(H,25,31)(H,33,39)(H2,22,26,32)/t9-,10-,11-,12-,13-,14-,38?/m1/s1. The van der Waals surface area contributed by atoms with E-state index in [1.165, 1.54) is 10.9 Å². The van der Waals surface area contributed by atoms with Gasteiger partial charge in [0.2, 0.25) is 5.95 Å². The minimum Gasteiger partial charge on any atom is -0.394 e. The largest absolute Gasteiger partial charge is 0.394 e. The maximum absolute atomic E-state index is 13.0. The fraction of sp³-hybridized carbons (Fsp3) is 0.526. The summed E-state index contributed by atoms with van der Waals surface area (Å²) in [5.41, 5.74) is 16.0. The monoisotopic (exact) mass is 589 g/mol. The van der Waals surface area contributed by atoms with Crippen LogP contribution in [0, 0.1) is 0 Å². The summed E-state index contributed by atoms with van der Waals surface area (Å²) in [4.78, 5) is 35.4. The van der Waals surface area contributed by atoms with Crippen LogP contribution in [0.5, 0.6) is 0 Å². The summed E-state index contributed by atoms with van der Waals surface area (Å²) in [6, 6.07) is 0. The van der Waals surface area contributed by atoms with Crippen molar-refractivity contribution in [3.63, 3.8) is 0 Å². The highest BCUT2D eigenvalue weighted by atomic mass is 32.7. The number of hydrogen-bond acceptors (Lipinski definition) is 15. The van der Waals surface area contributed by atoms with Crippen molar-refractivity contribution in [1.82, 2.24) is 29.4 Å². The van der Waals surface area contributed by atoms with Crippen molar-refractivity contribution in [3.05, 3.63) is 41.2 Å². The molecule has 18 nitrogen and oxygen atoms in total. The van der Waals surface area contributed by atoms with E-state index >= 15 is 0 Å². The lowest BCUT2D eigenvalue weighted by atomic mass is 10.2. The molecular formula is C19H28N9O9PS. The zero-order valence-electron chi connectivity index (χ0n) is 20.3. The normalized spacial score (nSPS) is 28.3. The van der Waals surface area contributed by atoms with Crippen molar-refractivity contribution in [3.8, 4) is 0 Å². The van der Waals surface area contributed by atoms with Gasteiger partial charge < -0.3 is 42.2 Å². The van der Waals surface area contributed by atoms with Crippen molar-refractivity contribution in [2.24, 2.45) is 5.73 Å². The Kier molecular flexibility index (Phi) is 8.62. The minimum atomic E-state index is -4.08. The van der Waals surface area contributed by atoms with E-state index in [2.05, 4.69) is 39.1 Å². The maximum Gasteiger partial charge on any atom is 0.386 e. The van der Waals surface area contributed by atoms with Crippen molar-refractivity contribution in [2.45, 2.75) is 49.7 Å².